The number of ether oxygens (including phenoxy) is 2. The molecule has 0 unspecified atom stereocenters. The maximum Gasteiger partial charge on any atom is 0.269 e. The maximum atomic E-state index is 11.1. The average molecular weight is 517 g/mol. The van der Waals surface area contributed by atoms with Crippen LogP contribution < -0.4 is 14.9 Å². The number of hydrogen-bond acceptors (Lipinski definition) is 8. The molecular formula is C28H28N4O4S. The topological polar surface area (TPSA) is 98.9 Å². The minimum atomic E-state index is -0.402. The summed E-state index contributed by atoms with van der Waals surface area (Å²) in [6.45, 7) is 9.06. The average Bonchev–Trinajstić information content (AvgIpc) is 3.29. The van der Waals surface area contributed by atoms with Crippen LogP contribution in [0, 0.1) is 24.0 Å². The first-order valence-electron chi connectivity index (χ1n) is 11.9. The lowest BCUT2D eigenvalue weighted by Gasteiger charge is -2.09. The first kappa shape index (κ1) is 25.8. The molecule has 1 heterocycles. The number of aryl methyl sites for hydroxylation is 2. The van der Waals surface area contributed by atoms with Crippen molar-refractivity contribution >= 4 is 28.4 Å². The molecule has 4 aromatic rings. The van der Waals surface area contributed by atoms with Crippen LogP contribution in [0.1, 0.15) is 30.5 Å². The number of thiazole rings is 1. The number of nitro benzene ring substituents is 1. The summed E-state index contributed by atoms with van der Waals surface area (Å²) in [6.07, 6.45) is 1.68. The van der Waals surface area contributed by atoms with E-state index < -0.39 is 4.92 Å². The molecular weight excluding hydrogens is 488 g/mol. The van der Waals surface area contributed by atoms with Crippen LogP contribution in [-0.4, -0.2) is 29.3 Å². The van der Waals surface area contributed by atoms with Crippen molar-refractivity contribution in [2.24, 2.45) is 5.10 Å². The third-order valence-electron chi connectivity index (χ3n) is 5.56. The zero-order valence-electron chi connectivity index (χ0n) is 21.1. The van der Waals surface area contributed by atoms with E-state index in [1.807, 2.05) is 52.0 Å². The van der Waals surface area contributed by atoms with Gasteiger partial charge in [-0.2, -0.15) is 5.10 Å². The van der Waals surface area contributed by atoms with Crippen molar-refractivity contribution in [2.45, 2.75) is 27.7 Å². The van der Waals surface area contributed by atoms with Crippen LogP contribution in [0.5, 0.6) is 11.5 Å². The van der Waals surface area contributed by atoms with Gasteiger partial charge in [-0.05, 0) is 63.1 Å². The summed E-state index contributed by atoms with van der Waals surface area (Å²) >= 11 is 1.44. The van der Waals surface area contributed by atoms with Gasteiger partial charge in [0.25, 0.3) is 5.69 Å². The van der Waals surface area contributed by atoms with E-state index in [9.17, 15) is 10.1 Å². The Balaban J connectivity index is 1.67. The van der Waals surface area contributed by atoms with E-state index in [1.54, 1.807) is 18.3 Å². The fraction of sp³-hybridized carbons (Fsp3) is 0.214. The molecule has 1 N–H and O–H groups in total. The number of nitrogens with zero attached hydrogens (tertiary/aromatic N) is 3. The fourth-order valence-electron chi connectivity index (χ4n) is 3.88. The van der Waals surface area contributed by atoms with Gasteiger partial charge >= 0.3 is 0 Å². The summed E-state index contributed by atoms with van der Waals surface area (Å²) in [5, 5.41) is 16.1. The van der Waals surface area contributed by atoms with Crippen molar-refractivity contribution in [3.63, 3.8) is 0 Å². The Morgan fingerprint density at radius 1 is 1.03 bits per heavy atom. The molecule has 190 valence electrons. The van der Waals surface area contributed by atoms with Gasteiger partial charge in [0.05, 0.1) is 34.9 Å². The third-order valence-corrected chi connectivity index (χ3v) is 6.57. The Labute approximate surface area is 219 Å². The van der Waals surface area contributed by atoms with Crippen LogP contribution in [0.25, 0.3) is 21.7 Å². The molecule has 0 saturated heterocycles. The molecule has 0 radical (unpaired) electrons. The molecule has 8 nitrogen and oxygen atoms in total. The van der Waals surface area contributed by atoms with E-state index in [-0.39, 0.29) is 5.69 Å². The van der Waals surface area contributed by atoms with Crippen molar-refractivity contribution < 1.29 is 14.4 Å². The lowest BCUT2D eigenvalue weighted by atomic mass is 10.0. The molecule has 0 spiro atoms. The molecule has 0 bridgehead atoms. The van der Waals surface area contributed by atoms with Gasteiger partial charge in [0.15, 0.2) is 0 Å². The van der Waals surface area contributed by atoms with E-state index in [2.05, 4.69) is 22.7 Å². The molecule has 0 aliphatic heterocycles. The van der Waals surface area contributed by atoms with Crippen LogP contribution in [0.4, 0.5) is 10.8 Å². The zero-order chi connectivity index (χ0) is 26.4. The normalized spacial score (nSPS) is 11.0. The Morgan fingerprint density at radius 3 is 2.46 bits per heavy atom. The highest BCUT2D eigenvalue weighted by molar-refractivity contribution is 7.19. The number of nitro groups is 1. The maximum absolute atomic E-state index is 11.1. The van der Waals surface area contributed by atoms with Crippen LogP contribution in [-0.2, 0) is 0 Å². The van der Waals surface area contributed by atoms with Crippen molar-refractivity contribution in [1.29, 1.82) is 0 Å². The lowest BCUT2D eigenvalue weighted by Crippen LogP contribution is -1.99. The molecule has 0 aliphatic carbocycles. The van der Waals surface area contributed by atoms with Crippen LogP contribution in [0.2, 0.25) is 0 Å². The molecule has 0 amide bonds. The largest absolute Gasteiger partial charge is 0.494 e. The first-order valence-corrected chi connectivity index (χ1v) is 12.7. The molecule has 4 rings (SSSR count). The quantitative estimate of drug-likeness (QED) is 0.135. The lowest BCUT2D eigenvalue weighted by molar-refractivity contribution is -0.384. The van der Waals surface area contributed by atoms with Gasteiger partial charge in [-0.3, -0.25) is 15.5 Å². The highest BCUT2D eigenvalue weighted by Crippen LogP contribution is 2.40. The van der Waals surface area contributed by atoms with Crippen molar-refractivity contribution in [3.8, 4) is 33.2 Å². The van der Waals surface area contributed by atoms with Crippen molar-refractivity contribution in [2.75, 3.05) is 18.6 Å². The monoisotopic (exact) mass is 516 g/mol. The molecule has 0 aliphatic rings. The van der Waals surface area contributed by atoms with Gasteiger partial charge in [0.1, 0.15) is 11.5 Å². The molecule has 0 fully saturated rings. The molecule has 0 saturated carbocycles. The summed E-state index contributed by atoms with van der Waals surface area (Å²) in [4.78, 5) is 16.5. The highest BCUT2D eigenvalue weighted by atomic mass is 32.1. The van der Waals surface area contributed by atoms with Gasteiger partial charge in [0.2, 0.25) is 5.13 Å². The van der Waals surface area contributed by atoms with Gasteiger partial charge in [-0.15, -0.1) is 0 Å². The number of rotatable bonds is 10. The third kappa shape index (κ3) is 6.13. The number of non-ortho nitro benzene ring substituents is 1. The minimum absolute atomic E-state index is 0.0461. The zero-order valence-corrected chi connectivity index (χ0v) is 22.0. The SMILES string of the molecule is CCOc1ccc(/C=N\Nc2nc(-c3ccc(C)cc3C)c(-c3ccc([N+](=O)[O-])cc3)s2)c(OCC)c1. The molecule has 1 aromatic heterocycles. The number of aromatic nitrogens is 1. The number of hydrogen-bond donors (Lipinski definition) is 1. The van der Waals surface area contributed by atoms with E-state index in [0.29, 0.717) is 24.1 Å². The molecule has 9 heteroatoms. The Bertz CT molecular complexity index is 1430. The molecule has 3 aromatic carbocycles. The summed E-state index contributed by atoms with van der Waals surface area (Å²) in [5.74, 6) is 1.42. The van der Waals surface area contributed by atoms with E-state index in [0.717, 1.165) is 44.1 Å². The molecule has 0 atom stereocenters. The van der Waals surface area contributed by atoms with Crippen molar-refractivity contribution in [1.82, 2.24) is 4.98 Å². The van der Waals surface area contributed by atoms with Crippen molar-refractivity contribution in [3.05, 3.63) is 87.5 Å². The predicted octanol–water partition coefficient (Wildman–Crippen LogP) is 7.25. The van der Waals surface area contributed by atoms with Crippen LogP contribution in [0.3, 0.4) is 0 Å². The predicted molar refractivity (Wildman–Crippen MR) is 149 cm³/mol. The summed E-state index contributed by atoms with van der Waals surface area (Å²) in [5.41, 5.74) is 8.80. The minimum Gasteiger partial charge on any atom is -0.494 e. The van der Waals surface area contributed by atoms with Gasteiger partial charge in [0, 0.05) is 29.3 Å². The second-order valence-corrected chi connectivity index (χ2v) is 9.25. The van der Waals surface area contributed by atoms with Gasteiger partial charge < -0.3 is 9.47 Å². The van der Waals surface area contributed by atoms with Gasteiger partial charge in [-0.25, -0.2) is 4.98 Å². The summed E-state index contributed by atoms with van der Waals surface area (Å²) < 4.78 is 11.3. The second-order valence-electron chi connectivity index (χ2n) is 8.25. The number of benzene rings is 3. The smallest absolute Gasteiger partial charge is 0.269 e. The summed E-state index contributed by atoms with van der Waals surface area (Å²) in [7, 11) is 0. The fourth-order valence-corrected chi connectivity index (χ4v) is 4.81. The Hall–Kier alpha value is -4.24. The van der Waals surface area contributed by atoms with Crippen LogP contribution in [0.15, 0.2) is 65.8 Å². The Kier molecular flexibility index (Phi) is 8.15. The number of hydrazone groups is 1. The Morgan fingerprint density at radius 2 is 1.78 bits per heavy atom. The first-order chi connectivity index (χ1) is 17.9. The standard InChI is InChI=1S/C28H28N4O4S/c1-5-35-23-13-10-21(25(16-23)36-6-2)17-29-31-28-30-26(24-14-7-18(3)15-19(24)4)27(37-28)20-8-11-22(12-9-20)32(33)34/h7-17H,5-6H2,1-4H3,(H,30,31)/b29-17-. The van der Waals surface area contributed by atoms with E-state index >= 15 is 0 Å². The highest BCUT2D eigenvalue weighted by Gasteiger charge is 2.18. The van der Waals surface area contributed by atoms with Gasteiger partial charge in [-0.1, -0.05) is 35.1 Å². The number of anilines is 1. The van der Waals surface area contributed by atoms with E-state index in [4.69, 9.17) is 14.5 Å². The van der Waals surface area contributed by atoms with Crippen LogP contribution >= 0.6 is 11.3 Å². The molecule has 37 heavy (non-hydrogen) atoms. The number of nitrogens with one attached hydrogen (secondary N) is 1. The summed E-state index contributed by atoms with van der Waals surface area (Å²) in [6, 6.07) is 18.3. The second kappa shape index (κ2) is 11.7. The van der Waals surface area contributed by atoms with E-state index in [1.165, 1.54) is 23.5 Å².